The van der Waals surface area contributed by atoms with E-state index in [-0.39, 0.29) is 0 Å². The highest BCUT2D eigenvalue weighted by molar-refractivity contribution is 6.09. The van der Waals surface area contributed by atoms with Crippen molar-refractivity contribution in [2.45, 2.75) is 0 Å². The average Bonchev–Trinajstić information content (AvgIpc) is 3.67. The summed E-state index contributed by atoms with van der Waals surface area (Å²) in [6.45, 7) is 0. The summed E-state index contributed by atoms with van der Waals surface area (Å²) in [4.78, 5) is 17.7. The van der Waals surface area contributed by atoms with Gasteiger partial charge >= 0.3 is 0 Å². The number of benzene rings is 3. The first kappa shape index (κ1) is 24.5. The third-order valence-corrected chi connectivity index (χ3v) is 8.24. The molecular formula is C38H22N4O2. The molecular weight excluding hydrogens is 544 g/mol. The highest BCUT2D eigenvalue weighted by Crippen LogP contribution is 2.38. The van der Waals surface area contributed by atoms with Crippen LogP contribution in [-0.2, 0) is 0 Å². The Morgan fingerprint density at radius 3 is 1.20 bits per heavy atom. The second-order valence-corrected chi connectivity index (χ2v) is 10.7. The minimum atomic E-state index is 0.783. The van der Waals surface area contributed by atoms with E-state index in [1.54, 1.807) is 24.8 Å². The number of hydrogen-bond donors (Lipinski definition) is 0. The van der Waals surface area contributed by atoms with E-state index in [0.717, 1.165) is 88.6 Å². The molecule has 0 aliphatic heterocycles. The molecule has 9 rings (SSSR count). The fourth-order valence-electron chi connectivity index (χ4n) is 6.05. The van der Waals surface area contributed by atoms with Gasteiger partial charge in [-0.2, -0.15) is 0 Å². The van der Waals surface area contributed by atoms with Crippen molar-refractivity contribution in [2.75, 3.05) is 0 Å². The van der Waals surface area contributed by atoms with Crippen molar-refractivity contribution in [2.24, 2.45) is 0 Å². The van der Waals surface area contributed by atoms with Crippen LogP contribution in [0.4, 0.5) is 0 Å². The number of pyridine rings is 4. The minimum Gasteiger partial charge on any atom is -0.454 e. The molecule has 44 heavy (non-hydrogen) atoms. The number of aromatic nitrogens is 4. The van der Waals surface area contributed by atoms with Crippen molar-refractivity contribution >= 4 is 44.1 Å². The van der Waals surface area contributed by atoms with Gasteiger partial charge in [0.25, 0.3) is 0 Å². The summed E-state index contributed by atoms with van der Waals surface area (Å²) in [5.74, 6) is 0. The predicted molar refractivity (Wildman–Crippen MR) is 174 cm³/mol. The molecule has 6 heteroatoms. The Hall–Kier alpha value is -6.14. The maximum atomic E-state index is 6.30. The van der Waals surface area contributed by atoms with Gasteiger partial charge < -0.3 is 8.83 Å². The van der Waals surface area contributed by atoms with Crippen LogP contribution in [0, 0.1) is 0 Å². The van der Waals surface area contributed by atoms with Crippen LogP contribution in [0.5, 0.6) is 0 Å². The maximum absolute atomic E-state index is 6.30. The Morgan fingerprint density at radius 2 is 0.773 bits per heavy atom. The number of furan rings is 2. The van der Waals surface area contributed by atoms with Crippen LogP contribution in [0.15, 0.2) is 143 Å². The standard InChI is InChI=1S/C38H22N4O2/c1-2-24(28-6-8-34-32(22-28)36-38(44-34)30(14-20-42-36)26-11-17-40-18-12-26)4-3-23(1)27-5-7-33-31(21-27)35-37(43-33)29(13-19-41-35)25-9-15-39-16-10-25/h1-22H. The lowest BCUT2D eigenvalue weighted by atomic mass is 9.98. The Kier molecular flexibility index (Phi) is 5.40. The summed E-state index contributed by atoms with van der Waals surface area (Å²) in [5, 5.41) is 1.99. The summed E-state index contributed by atoms with van der Waals surface area (Å²) in [6.07, 6.45) is 10.8. The molecule has 6 nitrogen and oxygen atoms in total. The van der Waals surface area contributed by atoms with Crippen LogP contribution in [0.3, 0.4) is 0 Å². The lowest BCUT2D eigenvalue weighted by molar-refractivity contribution is 0.669. The largest absolute Gasteiger partial charge is 0.454 e. The van der Waals surface area contributed by atoms with E-state index in [1.807, 2.05) is 60.9 Å². The molecule has 0 spiro atoms. The van der Waals surface area contributed by atoms with Crippen molar-refractivity contribution in [3.8, 4) is 44.5 Å². The first-order valence-corrected chi connectivity index (χ1v) is 14.3. The van der Waals surface area contributed by atoms with Crippen LogP contribution < -0.4 is 0 Å². The van der Waals surface area contributed by atoms with Gasteiger partial charge in [-0.25, -0.2) is 0 Å². The van der Waals surface area contributed by atoms with Gasteiger partial charge in [0.1, 0.15) is 22.2 Å². The molecule has 0 atom stereocenters. The van der Waals surface area contributed by atoms with Crippen molar-refractivity contribution in [3.05, 3.63) is 134 Å². The maximum Gasteiger partial charge on any atom is 0.161 e. The third-order valence-electron chi connectivity index (χ3n) is 8.24. The van der Waals surface area contributed by atoms with E-state index >= 15 is 0 Å². The molecule has 0 saturated carbocycles. The Balaban J connectivity index is 1.08. The summed E-state index contributed by atoms with van der Waals surface area (Å²) in [5.41, 5.74) is 13.5. The van der Waals surface area contributed by atoms with Crippen molar-refractivity contribution in [1.29, 1.82) is 0 Å². The summed E-state index contributed by atoms with van der Waals surface area (Å²) in [7, 11) is 0. The molecule has 0 fully saturated rings. The molecule has 6 aromatic heterocycles. The first-order chi connectivity index (χ1) is 21.8. The SMILES string of the molecule is c1cc(-c2ccnc3c2oc2ccc(-c4ccc(-c5ccc6oc7c(-c8ccncc8)ccnc7c6c5)cc4)cc23)ccn1. The molecule has 0 aliphatic rings. The van der Waals surface area contributed by atoms with E-state index in [9.17, 15) is 0 Å². The van der Waals surface area contributed by atoms with Crippen LogP contribution in [0.2, 0.25) is 0 Å². The summed E-state index contributed by atoms with van der Waals surface area (Å²) in [6, 6.07) is 33.1. The van der Waals surface area contributed by atoms with E-state index in [1.165, 1.54) is 0 Å². The van der Waals surface area contributed by atoms with E-state index in [2.05, 4.69) is 68.5 Å². The van der Waals surface area contributed by atoms with Crippen LogP contribution in [-0.4, -0.2) is 19.9 Å². The number of rotatable bonds is 4. The lowest BCUT2D eigenvalue weighted by Gasteiger charge is -2.06. The van der Waals surface area contributed by atoms with Gasteiger partial charge in [-0.15, -0.1) is 0 Å². The fourth-order valence-corrected chi connectivity index (χ4v) is 6.05. The second kappa shape index (κ2) is 9.71. The molecule has 0 radical (unpaired) electrons. The minimum absolute atomic E-state index is 0.783. The van der Waals surface area contributed by atoms with E-state index in [0.29, 0.717) is 0 Å². The van der Waals surface area contributed by atoms with Crippen molar-refractivity contribution < 1.29 is 8.83 Å². The zero-order valence-electron chi connectivity index (χ0n) is 23.3. The molecule has 0 bridgehead atoms. The molecule has 0 amide bonds. The normalized spacial score (nSPS) is 11.6. The molecule has 0 aliphatic carbocycles. The van der Waals surface area contributed by atoms with Gasteiger partial charge in [-0.3, -0.25) is 19.9 Å². The van der Waals surface area contributed by atoms with Gasteiger partial charge in [-0.05, 0) is 94.0 Å². The van der Waals surface area contributed by atoms with Gasteiger partial charge in [0.2, 0.25) is 0 Å². The molecule has 6 heterocycles. The van der Waals surface area contributed by atoms with Crippen molar-refractivity contribution in [3.63, 3.8) is 0 Å². The second-order valence-electron chi connectivity index (χ2n) is 10.7. The topological polar surface area (TPSA) is 77.8 Å². The van der Waals surface area contributed by atoms with E-state index < -0.39 is 0 Å². The Bertz CT molecular complexity index is 2310. The monoisotopic (exact) mass is 566 g/mol. The average molecular weight is 567 g/mol. The number of fused-ring (bicyclic) bond motifs is 6. The van der Waals surface area contributed by atoms with E-state index in [4.69, 9.17) is 8.83 Å². The van der Waals surface area contributed by atoms with Crippen LogP contribution >= 0.6 is 0 Å². The van der Waals surface area contributed by atoms with Gasteiger partial charge in [-0.1, -0.05) is 36.4 Å². The molecule has 3 aromatic carbocycles. The zero-order valence-corrected chi connectivity index (χ0v) is 23.3. The highest BCUT2D eigenvalue weighted by atomic mass is 16.3. The fraction of sp³-hybridized carbons (Fsp3) is 0. The quantitative estimate of drug-likeness (QED) is 0.211. The summed E-state index contributed by atoms with van der Waals surface area (Å²) < 4.78 is 12.6. The lowest BCUT2D eigenvalue weighted by Crippen LogP contribution is -1.83. The summed E-state index contributed by atoms with van der Waals surface area (Å²) >= 11 is 0. The smallest absolute Gasteiger partial charge is 0.161 e. The predicted octanol–water partition coefficient (Wildman–Crippen LogP) is 9.73. The number of nitrogens with zero attached hydrogens (tertiary/aromatic N) is 4. The number of hydrogen-bond acceptors (Lipinski definition) is 6. The molecule has 206 valence electrons. The van der Waals surface area contributed by atoms with Gasteiger partial charge in [0.05, 0.1) is 0 Å². The molecule has 9 aromatic rings. The molecule has 0 N–H and O–H groups in total. The Labute approximate surface area is 251 Å². The zero-order chi connectivity index (χ0) is 29.0. The molecule has 0 unspecified atom stereocenters. The van der Waals surface area contributed by atoms with Crippen LogP contribution in [0.1, 0.15) is 0 Å². The third kappa shape index (κ3) is 3.89. The highest BCUT2D eigenvalue weighted by Gasteiger charge is 2.16. The molecule has 0 saturated heterocycles. The van der Waals surface area contributed by atoms with Gasteiger partial charge in [0, 0.05) is 59.1 Å². The Morgan fingerprint density at radius 1 is 0.364 bits per heavy atom. The van der Waals surface area contributed by atoms with Crippen molar-refractivity contribution in [1.82, 2.24) is 19.9 Å². The van der Waals surface area contributed by atoms with Crippen LogP contribution in [0.25, 0.3) is 88.6 Å². The first-order valence-electron chi connectivity index (χ1n) is 14.3. The van der Waals surface area contributed by atoms with Gasteiger partial charge in [0.15, 0.2) is 11.2 Å².